The van der Waals surface area contributed by atoms with Gasteiger partial charge in [-0.3, -0.25) is 0 Å². The highest BCUT2D eigenvalue weighted by atomic mass is 16.1. The van der Waals surface area contributed by atoms with Crippen LogP contribution in [0, 0.1) is 0 Å². The first-order chi connectivity index (χ1) is 7.50. The Labute approximate surface area is 93.1 Å². The van der Waals surface area contributed by atoms with Crippen LogP contribution in [0.25, 0.3) is 11.0 Å². The van der Waals surface area contributed by atoms with Crippen LogP contribution in [0.4, 0.5) is 5.69 Å². The highest BCUT2D eigenvalue weighted by Gasteiger charge is 2.14. The van der Waals surface area contributed by atoms with Crippen LogP contribution in [0.1, 0.15) is 13.8 Å². The third-order valence-corrected chi connectivity index (χ3v) is 2.51. The molecule has 2 rings (SSSR count). The van der Waals surface area contributed by atoms with E-state index in [1.807, 2.05) is 32.0 Å². The van der Waals surface area contributed by atoms with Crippen molar-refractivity contribution in [1.29, 1.82) is 0 Å². The molecule has 1 heterocycles. The minimum Gasteiger partial charge on any atom is -0.379 e. The molecule has 0 aliphatic rings. The van der Waals surface area contributed by atoms with Gasteiger partial charge in [0.15, 0.2) is 0 Å². The second-order valence-electron chi connectivity index (χ2n) is 4.55. The van der Waals surface area contributed by atoms with E-state index in [9.17, 15) is 4.79 Å². The Bertz CT molecular complexity index is 552. The third-order valence-electron chi connectivity index (χ3n) is 2.51. The lowest BCUT2D eigenvalue weighted by Gasteiger charge is -2.25. The van der Waals surface area contributed by atoms with Crippen molar-refractivity contribution < 1.29 is 0 Å². The van der Waals surface area contributed by atoms with Gasteiger partial charge >= 0.3 is 5.69 Å². The Morgan fingerprint density at radius 3 is 2.69 bits per heavy atom. The average molecular weight is 220 g/mol. The number of aromatic amines is 2. The largest absolute Gasteiger partial charge is 0.379 e. The normalized spacial score (nSPS) is 11.9. The number of anilines is 1. The molecule has 0 aliphatic heterocycles. The van der Waals surface area contributed by atoms with Crippen LogP contribution in [0.5, 0.6) is 0 Å². The number of nitrogens with one attached hydrogen (secondary N) is 3. The molecule has 1 aromatic carbocycles. The molecule has 0 saturated carbocycles. The van der Waals surface area contributed by atoms with Crippen LogP contribution in [-0.2, 0) is 0 Å². The molecule has 5 N–H and O–H groups in total. The fourth-order valence-electron chi connectivity index (χ4n) is 1.55. The first-order valence-corrected chi connectivity index (χ1v) is 5.20. The van der Waals surface area contributed by atoms with Gasteiger partial charge in [0.1, 0.15) is 0 Å². The van der Waals surface area contributed by atoms with Gasteiger partial charge in [-0.05, 0) is 32.0 Å². The van der Waals surface area contributed by atoms with Crippen LogP contribution >= 0.6 is 0 Å². The van der Waals surface area contributed by atoms with E-state index in [0.717, 1.165) is 16.7 Å². The molecule has 0 saturated heterocycles. The highest BCUT2D eigenvalue weighted by molar-refractivity contribution is 5.78. The van der Waals surface area contributed by atoms with Crippen LogP contribution in [-0.4, -0.2) is 22.1 Å². The standard InChI is InChI=1S/C11H16N4O/c1-11(2,6-12)15-7-3-4-8-9(5-7)14-10(16)13-8/h3-5,15H,6,12H2,1-2H3,(H2,13,14,16). The minimum atomic E-state index is -0.190. The SMILES string of the molecule is CC(C)(CN)Nc1ccc2[nH]c(=O)[nH]c2c1. The lowest BCUT2D eigenvalue weighted by Crippen LogP contribution is -2.39. The van der Waals surface area contributed by atoms with E-state index in [2.05, 4.69) is 15.3 Å². The molecule has 16 heavy (non-hydrogen) atoms. The summed E-state index contributed by atoms with van der Waals surface area (Å²) >= 11 is 0. The molecule has 0 radical (unpaired) electrons. The molecule has 0 fully saturated rings. The number of nitrogens with two attached hydrogens (primary N) is 1. The Kier molecular flexibility index (Phi) is 2.47. The van der Waals surface area contributed by atoms with E-state index in [1.54, 1.807) is 0 Å². The van der Waals surface area contributed by atoms with E-state index < -0.39 is 0 Å². The highest BCUT2D eigenvalue weighted by Crippen LogP contribution is 2.18. The van der Waals surface area contributed by atoms with Gasteiger partial charge in [-0.1, -0.05) is 0 Å². The summed E-state index contributed by atoms with van der Waals surface area (Å²) < 4.78 is 0. The lowest BCUT2D eigenvalue weighted by molar-refractivity contribution is 0.580. The maximum absolute atomic E-state index is 11.1. The quantitative estimate of drug-likeness (QED) is 0.622. The fourth-order valence-corrected chi connectivity index (χ4v) is 1.55. The first-order valence-electron chi connectivity index (χ1n) is 5.20. The summed E-state index contributed by atoms with van der Waals surface area (Å²) in [4.78, 5) is 16.5. The molecule has 0 unspecified atom stereocenters. The number of H-pyrrole nitrogens is 2. The third kappa shape index (κ3) is 2.09. The van der Waals surface area contributed by atoms with Crippen molar-refractivity contribution in [1.82, 2.24) is 9.97 Å². The van der Waals surface area contributed by atoms with Crippen LogP contribution in [0.15, 0.2) is 23.0 Å². The number of fused-ring (bicyclic) bond motifs is 1. The minimum absolute atomic E-state index is 0.162. The number of aromatic nitrogens is 2. The Morgan fingerprint density at radius 1 is 1.31 bits per heavy atom. The van der Waals surface area contributed by atoms with Crippen molar-refractivity contribution in [2.24, 2.45) is 5.73 Å². The molecule has 5 nitrogen and oxygen atoms in total. The zero-order valence-electron chi connectivity index (χ0n) is 9.42. The predicted molar refractivity (Wildman–Crippen MR) is 65.7 cm³/mol. The van der Waals surface area contributed by atoms with Gasteiger partial charge in [-0.15, -0.1) is 0 Å². The molecule has 0 spiro atoms. The van der Waals surface area contributed by atoms with Gasteiger partial charge in [0, 0.05) is 17.8 Å². The maximum atomic E-state index is 11.1. The van der Waals surface area contributed by atoms with Gasteiger partial charge in [0.05, 0.1) is 11.0 Å². The molecule has 0 atom stereocenters. The molecule has 0 amide bonds. The topological polar surface area (TPSA) is 86.7 Å². The molecular weight excluding hydrogens is 204 g/mol. The van der Waals surface area contributed by atoms with Crippen LogP contribution in [0.3, 0.4) is 0 Å². The Balaban J connectivity index is 2.36. The number of benzene rings is 1. The predicted octanol–water partition coefficient (Wildman–Crippen LogP) is 1.01. The molecule has 86 valence electrons. The van der Waals surface area contributed by atoms with Crippen molar-refractivity contribution in [3.05, 3.63) is 28.7 Å². The Morgan fingerprint density at radius 2 is 2.00 bits per heavy atom. The van der Waals surface area contributed by atoms with E-state index >= 15 is 0 Å². The molecule has 5 heteroatoms. The zero-order valence-corrected chi connectivity index (χ0v) is 9.42. The van der Waals surface area contributed by atoms with Gasteiger partial charge < -0.3 is 21.0 Å². The van der Waals surface area contributed by atoms with Crippen molar-refractivity contribution in [3.63, 3.8) is 0 Å². The first kappa shape index (κ1) is 10.8. The summed E-state index contributed by atoms with van der Waals surface area (Å²) in [6, 6.07) is 5.68. The van der Waals surface area contributed by atoms with E-state index in [0.29, 0.717) is 6.54 Å². The van der Waals surface area contributed by atoms with Gasteiger partial charge in [-0.25, -0.2) is 4.79 Å². The summed E-state index contributed by atoms with van der Waals surface area (Å²) in [6.07, 6.45) is 0. The molecule has 2 aromatic rings. The maximum Gasteiger partial charge on any atom is 0.323 e. The number of hydrogen-bond donors (Lipinski definition) is 4. The fraction of sp³-hybridized carbons (Fsp3) is 0.364. The van der Waals surface area contributed by atoms with E-state index in [-0.39, 0.29) is 11.2 Å². The van der Waals surface area contributed by atoms with Crippen molar-refractivity contribution in [2.45, 2.75) is 19.4 Å². The molecular formula is C11H16N4O. The molecule has 1 aromatic heterocycles. The number of rotatable bonds is 3. The smallest absolute Gasteiger partial charge is 0.323 e. The number of imidazole rings is 1. The Hall–Kier alpha value is -1.75. The van der Waals surface area contributed by atoms with Crippen molar-refractivity contribution in [2.75, 3.05) is 11.9 Å². The second-order valence-corrected chi connectivity index (χ2v) is 4.55. The summed E-state index contributed by atoms with van der Waals surface area (Å²) in [7, 11) is 0. The van der Waals surface area contributed by atoms with Gasteiger partial charge in [-0.2, -0.15) is 0 Å². The molecule has 0 aliphatic carbocycles. The van der Waals surface area contributed by atoms with E-state index in [1.165, 1.54) is 0 Å². The number of hydrogen-bond acceptors (Lipinski definition) is 3. The zero-order chi connectivity index (χ0) is 11.8. The monoisotopic (exact) mass is 220 g/mol. The van der Waals surface area contributed by atoms with Crippen molar-refractivity contribution >= 4 is 16.7 Å². The van der Waals surface area contributed by atoms with Gasteiger partial charge in [0.25, 0.3) is 0 Å². The summed E-state index contributed by atoms with van der Waals surface area (Å²) in [5, 5.41) is 3.31. The second kappa shape index (κ2) is 3.68. The van der Waals surface area contributed by atoms with Crippen LogP contribution < -0.4 is 16.7 Å². The summed E-state index contributed by atoms with van der Waals surface area (Å²) in [5.74, 6) is 0. The summed E-state index contributed by atoms with van der Waals surface area (Å²) in [5.41, 5.74) is 7.84. The summed E-state index contributed by atoms with van der Waals surface area (Å²) in [6.45, 7) is 4.59. The van der Waals surface area contributed by atoms with Crippen molar-refractivity contribution in [3.8, 4) is 0 Å². The van der Waals surface area contributed by atoms with Crippen LogP contribution in [0.2, 0.25) is 0 Å². The molecule has 0 bridgehead atoms. The van der Waals surface area contributed by atoms with Gasteiger partial charge in [0.2, 0.25) is 0 Å². The lowest BCUT2D eigenvalue weighted by atomic mass is 10.1. The van der Waals surface area contributed by atoms with E-state index in [4.69, 9.17) is 5.73 Å². The average Bonchev–Trinajstić information content (AvgIpc) is 2.57.